The molecule has 12 heavy (non-hydrogen) atoms. The predicted octanol–water partition coefficient (Wildman–Crippen LogP) is 2.58. The maximum atomic E-state index is 3.89. The number of hydrogen-bond donors (Lipinski definition) is 0. The first-order chi connectivity index (χ1) is 5.83. The van der Waals surface area contributed by atoms with Crippen molar-refractivity contribution < 1.29 is 0 Å². The second-order valence-corrected chi connectivity index (χ2v) is 4.24. The molecule has 1 nitrogen and oxygen atoms in total. The van der Waals surface area contributed by atoms with E-state index >= 15 is 0 Å². The third kappa shape index (κ3) is 1.20. The van der Waals surface area contributed by atoms with Gasteiger partial charge in [-0.1, -0.05) is 12.5 Å². The fourth-order valence-electron chi connectivity index (χ4n) is 2.94. The molecule has 2 heterocycles. The zero-order valence-corrected chi connectivity index (χ0v) is 8.00. The SMILES string of the molecule is C=CC(C)N1C2CCCC1CC2. The quantitative estimate of drug-likeness (QED) is 0.568. The van der Waals surface area contributed by atoms with Crippen molar-refractivity contribution in [2.24, 2.45) is 0 Å². The second-order valence-electron chi connectivity index (χ2n) is 4.24. The molecule has 1 heteroatoms. The van der Waals surface area contributed by atoms with Gasteiger partial charge in [0.25, 0.3) is 0 Å². The normalized spacial score (nSPS) is 38.1. The van der Waals surface area contributed by atoms with Gasteiger partial charge in [-0.15, -0.1) is 6.58 Å². The number of fused-ring (bicyclic) bond motifs is 2. The van der Waals surface area contributed by atoms with Crippen molar-refractivity contribution in [2.45, 2.75) is 57.2 Å². The van der Waals surface area contributed by atoms with E-state index in [0.717, 1.165) is 12.1 Å². The molecule has 3 atom stereocenters. The largest absolute Gasteiger partial charge is 0.291 e. The number of rotatable bonds is 2. The van der Waals surface area contributed by atoms with Crippen LogP contribution in [0.25, 0.3) is 0 Å². The molecule has 0 saturated carbocycles. The summed E-state index contributed by atoms with van der Waals surface area (Å²) in [7, 11) is 0. The molecule has 0 aromatic carbocycles. The molecule has 2 aliphatic rings. The maximum absolute atomic E-state index is 3.89. The fraction of sp³-hybridized carbons (Fsp3) is 0.818. The van der Waals surface area contributed by atoms with Gasteiger partial charge >= 0.3 is 0 Å². The van der Waals surface area contributed by atoms with Gasteiger partial charge in [0.1, 0.15) is 0 Å². The van der Waals surface area contributed by atoms with Gasteiger partial charge in [-0.05, 0) is 32.6 Å². The average molecular weight is 165 g/mol. The van der Waals surface area contributed by atoms with Gasteiger partial charge in [-0.3, -0.25) is 4.90 Å². The van der Waals surface area contributed by atoms with Crippen LogP contribution in [0, 0.1) is 0 Å². The highest BCUT2D eigenvalue weighted by Crippen LogP contribution is 2.36. The van der Waals surface area contributed by atoms with Crippen LogP contribution in [-0.2, 0) is 0 Å². The zero-order chi connectivity index (χ0) is 8.55. The Morgan fingerprint density at radius 2 is 1.83 bits per heavy atom. The van der Waals surface area contributed by atoms with Gasteiger partial charge in [0.15, 0.2) is 0 Å². The van der Waals surface area contributed by atoms with Crippen LogP contribution >= 0.6 is 0 Å². The maximum Gasteiger partial charge on any atom is 0.0253 e. The standard InChI is InChI=1S/C11H19N/c1-3-9(2)12-10-5-4-6-11(12)8-7-10/h3,9-11H,1,4-8H2,2H3. The highest BCUT2D eigenvalue weighted by Gasteiger charge is 2.37. The highest BCUT2D eigenvalue weighted by molar-refractivity contribution is 4.98. The summed E-state index contributed by atoms with van der Waals surface area (Å²) in [4.78, 5) is 2.69. The molecule has 68 valence electrons. The Bertz CT molecular complexity index is 160. The number of hydrogen-bond acceptors (Lipinski definition) is 1. The summed E-state index contributed by atoms with van der Waals surface area (Å²) in [5, 5.41) is 0. The molecule has 2 saturated heterocycles. The molecule has 0 aromatic rings. The molecule has 2 aliphatic heterocycles. The molecule has 0 N–H and O–H groups in total. The van der Waals surface area contributed by atoms with E-state index in [0.29, 0.717) is 6.04 Å². The van der Waals surface area contributed by atoms with Crippen molar-refractivity contribution in [3.63, 3.8) is 0 Å². The Kier molecular flexibility index (Phi) is 2.22. The lowest BCUT2D eigenvalue weighted by Gasteiger charge is -2.38. The van der Waals surface area contributed by atoms with E-state index in [1.54, 1.807) is 0 Å². The van der Waals surface area contributed by atoms with E-state index in [2.05, 4.69) is 24.5 Å². The lowest BCUT2D eigenvalue weighted by atomic mass is 10.0. The van der Waals surface area contributed by atoms with Crippen LogP contribution in [0.3, 0.4) is 0 Å². The first-order valence-electron chi connectivity index (χ1n) is 5.23. The third-order valence-electron chi connectivity index (χ3n) is 3.56. The van der Waals surface area contributed by atoms with Gasteiger partial charge in [-0.2, -0.15) is 0 Å². The van der Waals surface area contributed by atoms with E-state index in [9.17, 15) is 0 Å². The van der Waals surface area contributed by atoms with E-state index in [1.165, 1.54) is 32.1 Å². The van der Waals surface area contributed by atoms with Crippen molar-refractivity contribution in [1.29, 1.82) is 0 Å². The zero-order valence-electron chi connectivity index (χ0n) is 8.00. The van der Waals surface area contributed by atoms with Crippen molar-refractivity contribution >= 4 is 0 Å². The van der Waals surface area contributed by atoms with Gasteiger partial charge < -0.3 is 0 Å². The molecule has 0 amide bonds. The van der Waals surface area contributed by atoms with Crippen molar-refractivity contribution in [1.82, 2.24) is 4.90 Å². The Morgan fingerprint density at radius 1 is 1.25 bits per heavy atom. The lowest BCUT2D eigenvalue weighted by molar-refractivity contribution is 0.117. The van der Waals surface area contributed by atoms with Crippen molar-refractivity contribution in [3.8, 4) is 0 Å². The van der Waals surface area contributed by atoms with E-state index < -0.39 is 0 Å². The molecule has 0 radical (unpaired) electrons. The molecule has 0 spiro atoms. The molecular formula is C11H19N. The minimum atomic E-state index is 0.600. The molecule has 3 unspecified atom stereocenters. The first-order valence-corrected chi connectivity index (χ1v) is 5.23. The van der Waals surface area contributed by atoms with Gasteiger partial charge in [0.2, 0.25) is 0 Å². The van der Waals surface area contributed by atoms with E-state index in [1.807, 2.05) is 0 Å². The number of piperidine rings is 1. The minimum absolute atomic E-state index is 0.600. The lowest BCUT2D eigenvalue weighted by Crippen LogP contribution is -2.44. The summed E-state index contributed by atoms with van der Waals surface area (Å²) in [5.41, 5.74) is 0. The second kappa shape index (κ2) is 3.21. The van der Waals surface area contributed by atoms with Crippen molar-refractivity contribution in [2.75, 3.05) is 0 Å². The van der Waals surface area contributed by atoms with Crippen LogP contribution in [0.5, 0.6) is 0 Å². The molecule has 0 aromatic heterocycles. The van der Waals surface area contributed by atoms with Crippen LogP contribution < -0.4 is 0 Å². The minimum Gasteiger partial charge on any atom is -0.291 e. The summed E-state index contributed by atoms with van der Waals surface area (Å²) in [6, 6.07) is 2.37. The molecular weight excluding hydrogens is 146 g/mol. The Balaban J connectivity index is 2.09. The average Bonchev–Trinajstić information content (AvgIpc) is 2.35. The topological polar surface area (TPSA) is 3.24 Å². The van der Waals surface area contributed by atoms with E-state index in [4.69, 9.17) is 0 Å². The van der Waals surface area contributed by atoms with Crippen molar-refractivity contribution in [3.05, 3.63) is 12.7 Å². The monoisotopic (exact) mass is 165 g/mol. The van der Waals surface area contributed by atoms with Crippen LogP contribution in [0.1, 0.15) is 39.0 Å². The summed E-state index contributed by atoms with van der Waals surface area (Å²) in [6.07, 6.45) is 9.27. The molecule has 2 fully saturated rings. The van der Waals surface area contributed by atoms with Crippen LogP contribution in [-0.4, -0.2) is 23.0 Å². The molecule has 2 rings (SSSR count). The summed E-state index contributed by atoms with van der Waals surface area (Å²) in [5.74, 6) is 0. The number of nitrogens with zero attached hydrogens (tertiary/aromatic N) is 1. The fourth-order valence-corrected chi connectivity index (χ4v) is 2.94. The predicted molar refractivity (Wildman–Crippen MR) is 52.2 cm³/mol. The van der Waals surface area contributed by atoms with Gasteiger partial charge in [0.05, 0.1) is 0 Å². The first kappa shape index (κ1) is 8.31. The van der Waals surface area contributed by atoms with E-state index in [-0.39, 0.29) is 0 Å². The summed E-state index contributed by atoms with van der Waals surface area (Å²) < 4.78 is 0. The smallest absolute Gasteiger partial charge is 0.0253 e. The van der Waals surface area contributed by atoms with Crippen LogP contribution in [0.2, 0.25) is 0 Å². The third-order valence-corrected chi connectivity index (χ3v) is 3.56. The molecule has 0 aliphatic carbocycles. The summed E-state index contributed by atoms with van der Waals surface area (Å²) in [6.45, 7) is 6.17. The van der Waals surface area contributed by atoms with Crippen LogP contribution in [0.15, 0.2) is 12.7 Å². The Morgan fingerprint density at radius 3 is 2.33 bits per heavy atom. The Labute approximate surface area is 75.4 Å². The van der Waals surface area contributed by atoms with Crippen LogP contribution in [0.4, 0.5) is 0 Å². The van der Waals surface area contributed by atoms with Gasteiger partial charge in [0, 0.05) is 18.1 Å². The molecule has 2 bridgehead atoms. The Hall–Kier alpha value is -0.300. The highest BCUT2D eigenvalue weighted by atomic mass is 15.2. The summed E-state index contributed by atoms with van der Waals surface area (Å²) >= 11 is 0. The van der Waals surface area contributed by atoms with Gasteiger partial charge in [-0.25, -0.2) is 0 Å².